The molecule has 1 saturated heterocycles. The van der Waals surface area contributed by atoms with E-state index in [4.69, 9.17) is 4.74 Å². The van der Waals surface area contributed by atoms with Gasteiger partial charge in [-0.2, -0.15) is 5.10 Å². The number of ether oxygens (including phenoxy) is 1. The Kier molecular flexibility index (Phi) is 4.10. The molecule has 0 N–H and O–H groups in total. The molecule has 1 aromatic heterocycles. The average molecular weight is 325 g/mol. The SMILES string of the molecule is CC1CN(C(=O)c2cnn(Cc3ccccc3)c2C2CC2)CCO1. The molecule has 1 aliphatic heterocycles. The predicted octanol–water partition coefficient (Wildman–Crippen LogP) is 2.67. The summed E-state index contributed by atoms with van der Waals surface area (Å²) >= 11 is 0. The van der Waals surface area contributed by atoms with Crippen LogP contribution in [0.4, 0.5) is 0 Å². The van der Waals surface area contributed by atoms with Gasteiger partial charge >= 0.3 is 0 Å². The van der Waals surface area contributed by atoms with Crippen molar-refractivity contribution in [3.05, 3.63) is 53.3 Å². The average Bonchev–Trinajstić information content (AvgIpc) is 3.36. The van der Waals surface area contributed by atoms with Gasteiger partial charge in [-0.3, -0.25) is 9.48 Å². The molecule has 2 aromatic rings. The lowest BCUT2D eigenvalue weighted by atomic mass is 10.1. The van der Waals surface area contributed by atoms with Gasteiger partial charge in [0.05, 0.1) is 36.7 Å². The molecule has 2 fully saturated rings. The quantitative estimate of drug-likeness (QED) is 0.868. The Morgan fingerprint density at radius 2 is 2.08 bits per heavy atom. The molecule has 1 amide bonds. The maximum atomic E-state index is 13.0. The fraction of sp³-hybridized carbons (Fsp3) is 0.474. The summed E-state index contributed by atoms with van der Waals surface area (Å²) in [6, 6.07) is 10.3. The van der Waals surface area contributed by atoms with Gasteiger partial charge in [0.15, 0.2) is 0 Å². The number of morpholine rings is 1. The summed E-state index contributed by atoms with van der Waals surface area (Å²) in [5.74, 6) is 0.583. The molecule has 0 spiro atoms. The van der Waals surface area contributed by atoms with Crippen molar-refractivity contribution < 1.29 is 9.53 Å². The number of hydrogen-bond donors (Lipinski definition) is 0. The molecule has 1 saturated carbocycles. The van der Waals surface area contributed by atoms with E-state index in [1.165, 1.54) is 5.56 Å². The van der Waals surface area contributed by atoms with Crippen LogP contribution >= 0.6 is 0 Å². The highest BCUT2D eigenvalue weighted by atomic mass is 16.5. The Morgan fingerprint density at radius 3 is 2.79 bits per heavy atom. The molecule has 1 aliphatic carbocycles. The standard InChI is InChI=1S/C19H23N3O2/c1-14-12-21(9-10-24-14)19(23)17-11-20-22(18(17)16-7-8-16)13-15-5-3-2-4-6-15/h2-6,11,14,16H,7-10,12-13H2,1H3. The monoisotopic (exact) mass is 325 g/mol. The number of hydrogen-bond acceptors (Lipinski definition) is 3. The minimum absolute atomic E-state index is 0.103. The third-order valence-electron chi connectivity index (χ3n) is 4.78. The molecule has 5 heteroatoms. The minimum atomic E-state index is 0.103. The van der Waals surface area contributed by atoms with E-state index in [2.05, 4.69) is 17.2 Å². The topological polar surface area (TPSA) is 47.4 Å². The van der Waals surface area contributed by atoms with Crippen molar-refractivity contribution in [1.82, 2.24) is 14.7 Å². The third-order valence-corrected chi connectivity index (χ3v) is 4.78. The molecule has 1 atom stereocenters. The minimum Gasteiger partial charge on any atom is -0.375 e. The zero-order chi connectivity index (χ0) is 16.5. The number of carbonyl (C=O) groups is 1. The Bertz CT molecular complexity index is 721. The highest BCUT2D eigenvalue weighted by Gasteiger charge is 2.34. The van der Waals surface area contributed by atoms with Crippen LogP contribution in [0.25, 0.3) is 0 Å². The second-order valence-electron chi connectivity index (χ2n) is 6.79. The van der Waals surface area contributed by atoms with Gasteiger partial charge in [0.25, 0.3) is 5.91 Å². The summed E-state index contributed by atoms with van der Waals surface area (Å²) in [5, 5.41) is 4.55. The number of amides is 1. The molecular formula is C19H23N3O2. The fourth-order valence-electron chi connectivity index (χ4n) is 3.40. The van der Waals surface area contributed by atoms with Crippen LogP contribution < -0.4 is 0 Å². The van der Waals surface area contributed by atoms with Crippen LogP contribution in [0.3, 0.4) is 0 Å². The molecule has 2 heterocycles. The molecule has 1 unspecified atom stereocenters. The Morgan fingerprint density at radius 1 is 1.29 bits per heavy atom. The van der Waals surface area contributed by atoms with Crippen LogP contribution in [0.1, 0.15) is 47.3 Å². The Labute approximate surface area is 142 Å². The molecule has 0 radical (unpaired) electrons. The molecule has 0 bridgehead atoms. The van der Waals surface area contributed by atoms with Crippen LogP contribution in [-0.4, -0.2) is 46.4 Å². The van der Waals surface area contributed by atoms with E-state index in [0.29, 0.717) is 25.6 Å². The number of aromatic nitrogens is 2. The lowest BCUT2D eigenvalue weighted by Crippen LogP contribution is -2.44. The lowest BCUT2D eigenvalue weighted by Gasteiger charge is -2.31. The highest BCUT2D eigenvalue weighted by Crippen LogP contribution is 2.42. The smallest absolute Gasteiger partial charge is 0.257 e. The van der Waals surface area contributed by atoms with E-state index in [1.807, 2.05) is 34.7 Å². The van der Waals surface area contributed by atoms with Crippen LogP contribution in [0.5, 0.6) is 0 Å². The van der Waals surface area contributed by atoms with E-state index in [9.17, 15) is 4.79 Å². The van der Waals surface area contributed by atoms with Crippen molar-refractivity contribution in [3.63, 3.8) is 0 Å². The van der Waals surface area contributed by atoms with Gasteiger partial charge < -0.3 is 9.64 Å². The normalized spacial score (nSPS) is 21.0. The molecule has 24 heavy (non-hydrogen) atoms. The molecular weight excluding hydrogens is 302 g/mol. The summed E-state index contributed by atoms with van der Waals surface area (Å²) in [4.78, 5) is 14.9. The molecule has 4 rings (SSSR count). The van der Waals surface area contributed by atoms with E-state index in [0.717, 1.165) is 30.6 Å². The van der Waals surface area contributed by atoms with E-state index >= 15 is 0 Å². The number of rotatable bonds is 4. The van der Waals surface area contributed by atoms with Crippen molar-refractivity contribution in [2.75, 3.05) is 19.7 Å². The first-order chi connectivity index (χ1) is 11.7. The van der Waals surface area contributed by atoms with Gasteiger partial charge in [-0.25, -0.2) is 0 Å². The Balaban J connectivity index is 1.60. The summed E-state index contributed by atoms with van der Waals surface area (Å²) in [5.41, 5.74) is 3.10. The highest BCUT2D eigenvalue weighted by molar-refractivity contribution is 5.95. The van der Waals surface area contributed by atoms with Crippen molar-refractivity contribution >= 4 is 5.91 Å². The van der Waals surface area contributed by atoms with E-state index in [-0.39, 0.29) is 12.0 Å². The first kappa shape index (κ1) is 15.4. The summed E-state index contributed by atoms with van der Waals surface area (Å²) in [7, 11) is 0. The van der Waals surface area contributed by atoms with Crippen LogP contribution in [-0.2, 0) is 11.3 Å². The number of benzene rings is 1. The fourth-order valence-corrected chi connectivity index (χ4v) is 3.40. The van der Waals surface area contributed by atoms with Gasteiger partial charge in [-0.15, -0.1) is 0 Å². The van der Waals surface area contributed by atoms with Crippen molar-refractivity contribution in [1.29, 1.82) is 0 Å². The van der Waals surface area contributed by atoms with Crippen molar-refractivity contribution in [3.8, 4) is 0 Å². The summed E-state index contributed by atoms with van der Waals surface area (Å²) < 4.78 is 7.57. The number of carbonyl (C=O) groups excluding carboxylic acids is 1. The van der Waals surface area contributed by atoms with Gasteiger partial charge in [-0.05, 0) is 25.3 Å². The van der Waals surface area contributed by atoms with Crippen LogP contribution in [0.15, 0.2) is 36.5 Å². The summed E-state index contributed by atoms with van der Waals surface area (Å²) in [6.45, 7) is 4.67. The van der Waals surface area contributed by atoms with Crippen molar-refractivity contribution in [2.45, 2.75) is 38.3 Å². The Hall–Kier alpha value is -2.14. The largest absolute Gasteiger partial charge is 0.375 e. The van der Waals surface area contributed by atoms with Crippen molar-refractivity contribution in [2.24, 2.45) is 0 Å². The second-order valence-corrected chi connectivity index (χ2v) is 6.79. The van der Waals surface area contributed by atoms with E-state index < -0.39 is 0 Å². The van der Waals surface area contributed by atoms with Gasteiger partial charge in [-0.1, -0.05) is 30.3 Å². The predicted molar refractivity (Wildman–Crippen MR) is 91.1 cm³/mol. The molecule has 126 valence electrons. The first-order valence-corrected chi connectivity index (χ1v) is 8.73. The van der Waals surface area contributed by atoms with E-state index in [1.54, 1.807) is 6.20 Å². The third kappa shape index (κ3) is 3.08. The zero-order valence-electron chi connectivity index (χ0n) is 14.0. The van der Waals surface area contributed by atoms with Crippen LogP contribution in [0.2, 0.25) is 0 Å². The molecule has 5 nitrogen and oxygen atoms in total. The molecule has 1 aromatic carbocycles. The lowest BCUT2D eigenvalue weighted by molar-refractivity contribution is -0.0124. The summed E-state index contributed by atoms with van der Waals surface area (Å²) in [6.07, 6.45) is 4.17. The first-order valence-electron chi connectivity index (χ1n) is 8.73. The van der Waals surface area contributed by atoms with Crippen LogP contribution in [0, 0.1) is 0 Å². The maximum Gasteiger partial charge on any atom is 0.257 e. The molecule has 2 aliphatic rings. The zero-order valence-corrected chi connectivity index (χ0v) is 14.0. The van der Waals surface area contributed by atoms with Gasteiger partial charge in [0, 0.05) is 19.0 Å². The second kappa shape index (κ2) is 6.40. The maximum absolute atomic E-state index is 13.0. The number of nitrogens with zero attached hydrogens (tertiary/aromatic N) is 3. The van der Waals surface area contributed by atoms with Gasteiger partial charge in [0.1, 0.15) is 0 Å². The van der Waals surface area contributed by atoms with Gasteiger partial charge in [0.2, 0.25) is 0 Å².